The van der Waals surface area contributed by atoms with Crippen LogP contribution in [-0.4, -0.2) is 22.4 Å². The van der Waals surface area contributed by atoms with Gasteiger partial charge >= 0.3 is 0 Å². The van der Waals surface area contributed by atoms with E-state index in [0.29, 0.717) is 0 Å². The second-order valence-corrected chi connectivity index (χ2v) is 3.17. The fourth-order valence-corrected chi connectivity index (χ4v) is 1.43. The number of hydrogen-bond acceptors (Lipinski definition) is 2. The van der Waals surface area contributed by atoms with Crippen LogP contribution in [0.1, 0.15) is 38.5 Å². The van der Waals surface area contributed by atoms with Crippen LogP contribution >= 0.6 is 0 Å². The van der Waals surface area contributed by atoms with Gasteiger partial charge in [-0.25, -0.2) is 0 Å². The minimum atomic E-state index is -0.157. The van der Waals surface area contributed by atoms with Crippen LogP contribution in [0, 0.1) is 0 Å². The summed E-state index contributed by atoms with van der Waals surface area (Å²) in [6.07, 6.45) is 5.22. The van der Waals surface area contributed by atoms with Gasteiger partial charge in [0, 0.05) is 0 Å². The summed E-state index contributed by atoms with van der Waals surface area (Å²) in [6, 6.07) is 0. The Morgan fingerprint density at radius 2 is 1.10 bits per heavy atom. The molecule has 10 heavy (non-hydrogen) atoms. The van der Waals surface area contributed by atoms with Gasteiger partial charge in [0.25, 0.3) is 0 Å². The van der Waals surface area contributed by atoms with Gasteiger partial charge in [0.05, 0.1) is 12.2 Å². The number of hydrogen-bond donors (Lipinski definition) is 2. The molecular weight excluding hydrogens is 128 g/mol. The fourth-order valence-electron chi connectivity index (χ4n) is 1.43. The van der Waals surface area contributed by atoms with E-state index in [2.05, 4.69) is 0 Å². The van der Waals surface area contributed by atoms with Crippen molar-refractivity contribution in [3.8, 4) is 0 Å². The molecule has 2 atom stereocenters. The van der Waals surface area contributed by atoms with Crippen molar-refractivity contribution < 1.29 is 10.2 Å². The van der Waals surface area contributed by atoms with Crippen LogP contribution in [0.4, 0.5) is 0 Å². The molecule has 0 aromatic heterocycles. The smallest absolute Gasteiger partial charge is 0.0541 e. The molecule has 1 unspecified atom stereocenters. The van der Waals surface area contributed by atoms with Crippen molar-refractivity contribution in [3.63, 3.8) is 0 Å². The Bertz CT molecular complexity index is 81.3. The van der Waals surface area contributed by atoms with Gasteiger partial charge in [-0.05, 0) is 25.7 Å². The zero-order valence-electron chi connectivity index (χ0n) is 6.29. The topological polar surface area (TPSA) is 40.5 Å². The van der Waals surface area contributed by atoms with Gasteiger partial charge in [-0.1, -0.05) is 12.8 Å². The first-order valence-corrected chi connectivity index (χ1v) is 4.15. The molecule has 0 aliphatic heterocycles. The van der Waals surface area contributed by atoms with Crippen molar-refractivity contribution in [2.75, 3.05) is 0 Å². The third-order valence-corrected chi connectivity index (χ3v) is 2.16. The van der Waals surface area contributed by atoms with E-state index in [9.17, 15) is 10.2 Å². The highest BCUT2D eigenvalue weighted by molar-refractivity contribution is 4.66. The van der Waals surface area contributed by atoms with Gasteiger partial charge in [0.2, 0.25) is 0 Å². The van der Waals surface area contributed by atoms with E-state index in [1.807, 2.05) is 0 Å². The van der Waals surface area contributed by atoms with Crippen LogP contribution in [0.5, 0.6) is 0 Å². The Labute approximate surface area is 61.9 Å². The summed E-state index contributed by atoms with van der Waals surface area (Å²) in [5, 5.41) is 18.4. The molecular formula is C8H16O2. The number of aliphatic hydroxyl groups excluding tert-OH is 2. The molecule has 1 fully saturated rings. The Morgan fingerprint density at radius 3 is 1.50 bits per heavy atom. The molecule has 0 saturated heterocycles. The largest absolute Gasteiger partial charge is 0.393 e. The van der Waals surface area contributed by atoms with Gasteiger partial charge in [-0.3, -0.25) is 0 Å². The zero-order chi connectivity index (χ0) is 7.40. The van der Waals surface area contributed by atoms with Crippen molar-refractivity contribution in [1.82, 2.24) is 0 Å². The predicted octanol–water partition coefficient (Wildman–Crippen LogP) is 1.06. The van der Waals surface area contributed by atoms with Crippen LogP contribution in [0.3, 0.4) is 0 Å². The molecule has 0 aromatic carbocycles. The van der Waals surface area contributed by atoms with E-state index >= 15 is 0 Å². The molecule has 0 spiro atoms. The monoisotopic (exact) mass is 144 g/mol. The molecule has 1 rings (SSSR count). The standard InChI is InChI=1S/C8H16O2/c9-7-3-1-2-4-8(10)6-5-7/h7-10H,1-6H2/t7-,8?/m1/s1. The van der Waals surface area contributed by atoms with Crippen LogP contribution < -0.4 is 0 Å². The Morgan fingerprint density at radius 1 is 0.700 bits per heavy atom. The van der Waals surface area contributed by atoms with E-state index < -0.39 is 0 Å². The van der Waals surface area contributed by atoms with Gasteiger partial charge in [-0.2, -0.15) is 0 Å². The quantitative estimate of drug-likeness (QED) is 0.533. The molecule has 2 heteroatoms. The Balaban J connectivity index is 2.23. The average molecular weight is 144 g/mol. The highest BCUT2D eigenvalue weighted by Gasteiger charge is 2.12. The van der Waals surface area contributed by atoms with Crippen LogP contribution in [0.2, 0.25) is 0 Å². The Hall–Kier alpha value is -0.0800. The highest BCUT2D eigenvalue weighted by Crippen LogP contribution is 2.17. The predicted molar refractivity (Wildman–Crippen MR) is 39.7 cm³/mol. The van der Waals surface area contributed by atoms with E-state index in [1.54, 1.807) is 0 Å². The summed E-state index contributed by atoms with van der Waals surface area (Å²) < 4.78 is 0. The van der Waals surface area contributed by atoms with Crippen molar-refractivity contribution in [2.45, 2.75) is 50.7 Å². The Kier molecular flexibility index (Phi) is 3.16. The molecule has 1 aliphatic carbocycles. The lowest BCUT2D eigenvalue weighted by molar-refractivity contribution is 0.0866. The van der Waals surface area contributed by atoms with E-state index in [4.69, 9.17) is 0 Å². The highest BCUT2D eigenvalue weighted by atomic mass is 16.3. The molecule has 2 nitrogen and oxygen atoms in total. The zero-order valence-corrected chi connectivity index (χ0v) is 6.29. The summed E-state index contributed by atoms with van der Waals surface area (Å²) in [6.45, 7) is 0. The van der Waals surface area contributed by atoms with Gasteiger partial charge in [0.1, 0.15) is 0 Å². The lowest BCUT2D eigenvalue weighted by Gasteiger charge is -2.17. The molecule has 1 aliphatic rings. The molecule has 0 bridgehead atoms. The first kappa shape index (κ1) is 8.02. The minimum Gasteiger partial charge on any atom is -0.393 e. The first-order chi connectivity index (χ1) is 4.79. The van der Waals surface area contributed by atoms with E-state index in [-0.39, 0.29) is 12.2 Å². The molecule has 0 aromatic rings. The summed E-state index contributed by atoms with van der Waals surface area (Å²) >= 11 is 0. The lowest BCUT2D eigenvalue weighted by Crippen LogP contribution is -2.16. The average Bonchev–Trinajstić information content (AvgIpc) is 1.90. The summed E-state index contributed by atoms with van der Waals surface area (Å²) in [5.41, 5.74) is 0. The van der Waals surface area contributed by atoms with Crippen LogP contribution in [-0.2, 0) is 0 Å². The molecule has 60 valence electrons. The maximum atomic E-state index is 9.22. The SMILES string of the molecule is OC1CCCC[C@@H](O)CC1. The van der Waals surface area contributed by atoms with Gasteiger partial charge < -0.3 is 10.2 Å². The maximum absolute atomic E-state index is 9.22. The van der Waals surface area contributed by atoms with Crippen molar-refractivity contribution in [2.24, 2.45) is 0 Å². The van der Waals surface area contributed by atoms with E-state index in [0.717, 1.165) is 38.5 Å². The van der Waals surface area contributed by atoms with Gasteiger partial charge in [-0.15, -0.1) is 0 Å². The lowest BCUT2D eigenvalue weighted by atomic mass is 9.97. The minimum absolute atomic E-state index is 0.157. The van der Waals surface area contributed by atoms with Crippen LogP contribution in [0.15, 0.2) is 0 Å². The summed E-state index contributed by atoms with van der Waals surface area (Å²) in [7, 11) is 0. The molecule has 0 amide bonds. The molecule has 0 heterocycles. The van der Waals surface area contributed by atoms with Crippen molar-refractivity contribution in [3.05, 3.63) is 0 Å². The third kappa shape index (κ3) is 2.67. The summed E-state index contributed by atoms with van der Waals surface area (Å²) in [4.78, 5) is 0. The first-order valence-electron chi connectivity index (χ1n) is 4.15. The second kappa shape index (κ2) is 3.94. The molecule has 2 N–H and O–H groups in total. The fraction of sp³-hybridized carbons (Fsp3) is 1.00. The van der Waals surface area contributed by atoms with Crippen molar-refractivity contribution in [1.29, 1.82) is 0 Å². The second-order valence-electron chi connectivity index (χ2n) is 3.17. The van der Waals surface area contributed by atoms with E-state index in [1.165, 1.54) is 0 Å². The third-order valence-electron chi connectivity index (χ3n) is 2.16. The number of rotatable bonds is 0. The number of aliphatic hydroxyl groups is 2. The molecule has 0 radical (unpaired) electrons. The van der Waals surface area contributed by atoms with Crippen molar-refractivity contribution >= 4 is 0 Å². The van der Waals surface area contributed by atoms with Crippen LogP contribution in [0.25, 0.3) is 0 Å². The van der Waals surface area contributed by atoms with Gasteiger partial charge in [0.15, 0.2) is 0 Å². The maximum Gasteiger partial charge on any atom is 0.0541 e. The normalized spacial score (nSPS) is 36.6. The molecule has 1 saturated carbocycles. The summed E-state index contributed by atoms with van der Waals surface area (Å²) in [5.74, 6) is 0.